The number of hydrogen-bond acceptors (Lipinski definition) is 6. The fourth-order valence-corrected chi connectivity index (χ4v) is 5.73. The van der Waals surface area contributed by atoms with Crippen molar-refractivity contribution in [1.29, 1.82) is 0 Å². The summed E-state index contributed by atoms with van der Waals surface area (Å²) >= 11 is 1.62. The number of methoxy groups -OCH3 is 2. The van der Waals surface area contributed by atoms with Crippen LogP contribution in [0.3, 0.4) is 0 Å². The number of fused-ring (bicyclic) bond motifs is 3. The molecule has 33 heavy (non-hydrogen) atoms. The average Bonchev–Trinajstić information content (AvgIpc) is 3.16. The number of aryl methyl sites for hydroxylation is 1. The largest absolute Gasteiger partial charge is 0.497 e. The third-order valence-electron chi connectivity index (χ3n) is 6.68. The normalized spacial score (nSPS) is 16.8. The SMILES string of the molecule is COc1ccc(OC)c(NC(=O)C(C)n2cnc3sc4c(c3c2=O)CCC(C(C)(C)C)C4)c1. The summed E-state index contributed by atoms with van der Waals surface area (Å²) in [6, 6.07) is 4.42. The highest BCUT2D eigenvalue weighted by atomic mass is 32.1. The van der Waals surface area contributed by atoms with Crippen molar-refractivity contribution in [1.82, 2.24) is 9.55 Å². The van der Waals surface area contributed by atoms with Crippen LogP contribution in [0.1, 0.15) is 50.6 Å². The Morgan fingerprint density at radius 1 is 1.27 bits per heavy atom. The van der Waals surface area contributed by atoms with Crippen molar-refractivity contribution in [3.8, 4) is 11.5 Å². The summed E-state index contributed by atoms with van der Waals surface area (Å²) in [5.74, 6) is 1.36. The van der Waals surface area contributed by atoms with Crippen LogP contribution in [0.15, 0.2) is 29.3 Å². The second-order valence-corrected chi connectivity index (χ2v) is 10.8. The molecule has 8 heteroatoms. The van der Waals surface area contributed by atoms with Crippen LogP contribution in [0.4, 0.5) is 5.69 Å². The number of nitrogens with zero attached hydrogens (tertiary/aromatic N) is 2. The molecule has 2 heterocycles. The van der Waals surface area contributed by atoms with E-state index in [1.54, 1.807) is 43.6 Å². The van der Waals surface area contributed by atoms with Gasteiger partial charge in [-0.3, -0.25) is 14.2 Å². The van der Waals surface area contributed by atoms with E-state index >= 15 is 0 Å². The second-order valence-electron chi connectivity index (χ2n) is 9.68. The molecular weight excluding hydrogens is 438 g/mol. The molecule has 0 aliphatic heterocycles. The second kappa shape index (κ2) is 8.82. The van der Waals surface area contributed by atoms with E-state index in [0.29, 0.717) is 28.5 Å². The zero-order chi connectivity index (χ0) is 23.9. The first kappa shape index (κ1) is 23.3. The van der Waals surface area contributed by atoms with Gasteiger partial charge < -0.3 is 14.8 Å². The quantitative estimate of drug-likeness (QED) is 0.579. The van der Waals surface area contributed by atoms with Crippen molar-refractivity contribution >= 4 is 33.1 Å². The number of carbonyl (C=O) groups is 1. The third-order valence-corrected chi connectivity index (χ3v) is 7.84. The smallest absolute Gasteiger partial charge is 0.263 e. The third kappa shape index (κ3) is 4.36. The van der Waals surface area contributed by atoms with Crippen LogP contribution in [-0.4, -0.2) is 29.7 Å². The summed E-state index contributed by atoms with van der Waals surface area (Å²) in [6.07, 6.45) is 4.40. The molecule has 0 saturated carbocycles. The van der Waals surface area contributed by atoms with Crippen molar-refractivity contribution < 1.29 is 14.3 Å². The molecule has 176 valence electrons. The molecule has 2 unspecified atom stereocenters. The summed E-state index contributed by atoms with van der Waals surface area (Å²) in [7, 11) is 3.09. The van der Waals surface area contributed by atoms with Gasteiger partial charge in [0.2, 0.25) is 5.91 Å². The molecular formula is C25H31N3O4S. The Hall–Kier alpha value is -2.87. The van der Waals surface area contributed by atoms with E-state index in [2.05, 4.69) is 31.1 Å². The molecule has 0 radical (unpaired) electrons. The van der Waals surface area contributed by atoms with Gasteiger partial charge >= 0.3 is 0 Å². The molecule has 1 aromatic carbocycles. The van der Waals surface area contributed by atoms with Crippen molar-refractivity contribution in [2.24, 2.45) is 11.3 Å². The first-order chi connectivity index (χ1) is 15.6. The Kier molecular flexibility index (Phi) is 6.22. The predicted molar refractivity (Wildman–Crippen MR) is 132 cm³/mol. The zero-order valence-corrected chi connectivity index (χ0v) is 20.8. The fraction of sp³-hybridized carbons (Fsp3) is 0.480. The topological polar surface area (TPSA) is 82.4 Å². The molecule has 7 nitrogen and oxygen atoms in total. The lowest BCUT2D eigenvalue weighted by molar-refractivity contribution is -0.118. The van der Waals surface area contributed by atoms with E-state index in [4.69, 9.17) is 9.47 Å². The highest BCUT2D eigenvalue weighted by Gasteiger charge is 2.32. The van der Waals surface area contributed by atoms with Crippen molar-refractivity contribution in [3.05, 3.63) is 45.3 Å². The van der Waals surface area contributed by atoms with Gasteiger partial charge in [0.1, 0.15) is 22.4 Å². The highest BCUT2D eigenvalue weighted by Crippen LogP contribution is 2.42. The molecule has 4 rings (SSSR count). The van der Waals surface area contributed by atoms with Crippen LogP contribution in [0.25, 0.3) is 10.2 Å². The molecule has 0 fully saturated rings. The highest BCUT2D eigenvalue weighted by molar-refractivity contribution is 7.18. The lowest BCUT2D eigenvalue weighted by atomic mass is 9.72. The van der Waals surface area contributed by atoms with E-state index in [0.717, 1.165) is 29.7 Å². The van der Waals surface area contributed by atoms with Gasteiger partial charge in [-0.05, 0) is 55.2 Å². The molecule has 0 spiro atoms. The van der Waals surface area contributed by atoms with Gasteiger partial charge in [0.15, 0.2) is 0 Å². The lowest BCUT2D eigenvalue weighted by Gasteiger charge is -2.33. The monoisotopic (exact) mass is 469 g/mol. The summed E-state index contributed by atoms with van der Waals surface area (Å²) < 4.78 is 12.0. The van der Waals surface area contributed by atoms with Crippen molar-refractivity contribution in [2.45, 2.75) is 53.0 Å². The van der Waals surface area contributed by atoms with Crippen molar-refractivity contribution in [3.63, 3.8) is 0 Å². The zero-order valence-electron chi connectivity index (χ0n) is 20.0. The molecule has 1 aliphatic carbocycles. The summed E-state index contributed by atoms with van der Waals surface area (Å²) in [5, 5.41) is 3.53. The maximum Gasteiger partial charge on any atom is 0.263 e. The van der Waals surface area contributed by atoms with E-state index in [9.17, 15) is 9.59 Å². The molecule has 1 N–H and O–H groups in total. The molecule has 1 amide bonds. The van der Waals surface area contributed by atoms with Crippen LogP contribution >= 0.6 is 11.3 Å². The maximum atomic E-state index is 13.5. The molecule has 1 aliphatic rings. The Balaban J connectivity index is 1.65. The number of nitrogens with one attached hydrogen (secondary N) is 1. The lowest BCUT2D eigenvalue weighted by Crippen LogP contribution is -2.32. The number of carbonyl (C=O) groups excluding carboxylic acids is 1. The first-order valence-electron chi connectivity index (χ1n) is 11.2. The van der Waals surface area contributed by atoms with Gasteiger partial charge in [0.25, 0.3) is 5.56 Å². The van der Waals surface area contributed by atoms with Gasteiger partial charge in [-0.2, -0.15) is 0 Å². The minimum Gasteiger partial charge on any atom is -0.497 e. The molecule has 2 atom stereocenters. The van der Waals surface area contributed by atoms with Gasteiger partial charge in [0, 0.05) is 10.9 Å². The van der Waals surface area contributed by atoms with Crippen LogP contribution in [-0.2, 0) is 17.6 Å². The van der Waals surface area contributed by atoms with Crippen LogP contribution in [0.2, 0.25) is 0 Å². The number of ether oxygens (including phenoxy) is 2. The van der Waals surface area contributed by atoms with Crippen LogP contribution < -0.4 is 20.3 Å². The van der Waals surface area contributed by atoms with E-state index in [1.807, 2.05) is 0 Å². The van der Waals surface area contributed by atoms with Gasteiger partial charge in [-0.25, -0.2) is 4.98 Å². The van der Waals surface area contributed by atoms with E-state index in [-0.39, 0.29) is 16.9 Å². The standard InChI is InChI=1S/C25H31N3O4S/c1-14(22(29)27-18-12-16(31-5)8-10-19(18)32-6)28-13-26-23-21(24(28)30)17-9-7-15(25(2,3)4)11-20(17)33-23/h8,10,12-15H,7,9,11H2,1-6H3,(H,27,29). The number of benzene rings is 1. The maximum absolute atomic E-state index is 13.5. The first-order valence-corrected chi connectivity index (χ1v) is 12.0. The number of aromatic nitrogens is 2. The fourth-order valence-electron chi connectivity index (χ4n) is 4.47. The Morgan fingerprint density at radius 3 is 2.70 bits per heavy atom. The minimum atomic E-state index is -0.744. The summed E-state index contributed by atoms with van der Waals surface area (Å²) in [6.45, 7) is 8.53. The molecule has 0 bridgehead atoms. The van der Waals surface area contributed by atoms with Gasteiger partial charge in [-0.15, -0.1) is 11.3 Å². The average molecular weight is 470 g/mol. The van der Waals surface area contributed by atoms with Crippen LogP contribution in [0.5, 0.6) is 11.5 Å². The Labute approximate surface area is 197 Å². The van der Waals surface area contributed by atoms with Crippen molar-refractivity contribution in [2.75, 3.05) is 19.5 Å². The van der Waals surface area contributed by atoms with E-state index in [1.165, 1.54) is 22.9 Å². The summed E-state index contributed by atoms with van der Waals surface area (Å²) in [5.41, 5.74) is 1.67. The predicted octanol–water partition coefficient (Wildman–Crippen LogP) is 4.83. The van der Waals surface area contributed by atoms with Gasteiger partial charge in [0.05, 0.1) is 31.6 Å². The van der Waals surface area contributed by atoms with E-state index < -0.39 is 6.04 Å². The Morgan fingerprint density at radius 2 is 2.03 bits per heavy atom. The number of amides is 1. The molecule has 2 aromatic heterocycles. The number of thiophene rings is 1. The van der Waals surface area contributed by atoms with Gasteiger partial charge in [-0.1, -0.05) is 20.8 Å². The number of hydrogen-bond donors (Lipinski definition) is 1. The molecule has 0 saturated heterocycles. The number of rotatable bonds is 5. The minimum absolute atomic E-state index is 0.160. The Bertz CT molecular complexity index is 1250. The summed E-state index contributed by atoms with van der Waals surface area (Å²) in [4.78, 5) is 33.1. The van der Waals surface area contributed by atoms with Crippen LogP contribution in [0, 0.1) is 11.3 Å². The number of anilines is 1. The molecule has 3 aromatic rings.